The molecule has 1 aromatic rings. The topological polar surface area (TPSA) is 70.0 Å². The van der Waals surface area contributed by atoms with Gasteiger partial charge in [-0.15, -0.1) is 0 Å². The molecule has 1 N–H and O–H groups in total. The van der Waals surface area contributed by atoms with Crippen LogP contribution in [0.15, 0.2) is 28.3 Å². The summed E-state index contributed by atoms with van der Waals surface area (Å²) < 4.78 is 26.5. The molecule has 0 amide bonds. The van der Waals surface area contributed by atoms with Crippen molar-refractivity contribution >= 4 is 15.7 Å². The predicted molar refractivity (Wildman–Crippen MR) is 73.1 cm³/mol. The summed E-state index contributed by atoms with van der Waals surface area (Å²) in [6.07, 6.45) is 0.973. The van der Waals surface area contributed by atoms with Crippen molar-refractivity contribution in [2.75, 3.05) is 13.1 Å². The fourth-order valence-electron chi connectivity index (χ4n) is 2.31. The van der Waals surface area contributed by atoms with Crippen LogP contribution in [0.5, 0.6) is 0 Å². The smallest absolute Gasteiger partial charge is 0.243 e. The number of sulfonamides is 1. The van der Waals surface area contributed by atoms with Crippen LogP contribution in [0.1, 0.15) is 24.0 Å². The molecule has 1 fully saturated rings. The van der Waals surface area contributed by atoms with Gasteiger partial charge in [0.2, 0.25) is 10.0 Å². The van der Waals surface area contributed by atoms with Gasteiger partial charge < -0.3 is 5.21 Å². The second-order valence-corrected chi connectivity index (χ2v) is 6.75. The average molecular weight is 282 g/mol. The maximum Gasteiger partial charge on any atom is 0.243 e. The minimum Gasteiger partial charge on any atom is -0.411 e. The van der Waals surface area contributed by atoms with Crippen LogP contribution < -0.4 is 0 Å². The number of rotatable bonds is 2. The molecule has 0 radical (unpaired) electrons. The lowest BCUT2D eigenvalue weighted by Crippen LogP contribution is -2.38. The number of piperidine rings is 1. The maximum absolute atomic E-state index is 12.5. The minimum absolute atomic E-state index is 0.363. The first-order chi connectivity index (χ1) is 8.95. The van der Waals surface area contributed by atoms with Crippen LogP contribution in [-0.2, 0) is 10.0 Å². The number of nitrogens with zero attached hydrogens (tertiary/aromatic N) is 2. The van der Waals surface area contributed by atoms with Crippen molar-refractivity contribution in [3.63, 3.8) is 0 Å². The van der Waals surface area contributed by atoms with Crippen LogP contribution in [0.3, 0.4) is 0 Å². The monoisotopic (exact) mass is 282 g/mol. The lowest BCUT2D eigenvalue weighted by molar-refractivity contribution is 0.309. The minimum atomic E-state index is -3.44. The second-order valence-electron chi connectivity index (χ2n) is 4.84. The zero-order chi connectivity index (χ0) is 14.0. The van der Waals surface area contributed by atoms with Gasteiger partial charge in [0.1, 0.15) is 0 Å². The Kier molecular flexibility index (Phi) is 3.91. The Bertz CT molecular complexity index is 598. The quantitative estimate of drug-likeness (QED) is 0.665. The van der Waals surface area contributed by atoms with Crippen molar-refractivity contribution in [2.45, 2.75) is 31.6 Å². The summed E-state index contributed by atoms with van der Waals surface area (Å²) in [5, 5.41) is 11.9. The van der Waals surface area contributed by atoms with Crippen molar-refractivity contribution in [1.82, 2.24) is 4.31 Å². The van der Waals surface area contributed by atoms with E-state index in [-0.39, 0.29) is 0 Å². The third kappa shape index (κ3) is 2.79. The summed E-state index contributed by atoms with van der Waals surface area (Å²) in [7, 11) is -3.44. The molecule has 0 aromatic heterocycles. The van der Waals surface area contributed by atoms with Crippen LogP contribution in [0.4, 0.5) is 0 Å². The van der Waals surface area contributed by atoms with E-state index in [0.717, 1.165) is 11.1 Å². The molecule has 5 nitrogen and oxygen atoms in total. The van der Waals surface area contributed by atoms with Crippen LogP contribution in [0.25, 0.3) is 0 Å². The lowest BCUT2D eigenvalue weighted by Gasteiger charge is -2.27. The second kappa shape index (κ2) is 5.30. The lowest BCUT2D eigenvalue weighted by atomic mass is 10.1. The Hall–Kier alpha value is -1.40. The Morgan fingerprint density at radius 3 is 2.37 bits per heavy atom. The fraction of sp³-hybridized carbons (Fsp3) is 0.462. The van der Waals surface area contributed by atoms with Crippen LogP contribution in [0, 0.1) is 13.8 Å². The molecule has 1 aromatic carbocycles. The summed E-state index contributed by atoms with van der Waals surface area (Å²) in [4.78, 5) is 0.363. The van der Waals surface area contributed by atoms with Crippen molar-refractivity contribution < 1.29 is 13.6 Å². The molecule has 0 bridgehead atoms. The van der Waals surface area contributed by atoms with E-state index < -0.39 is 10.0 Å². The van der Waals surface area contributed by atoms with Gasteiger partial charge in [0, 0.05) is 25.9 Å². The van der Waals surface area contributed by atoms with E-state index >= 15 is 0 Å². The molecule has 0 saturated carbocycles. The highest BCUT2D eigenvalue weighted by atomic mass is 32.2. The van der Waals surface area contributed by atoms with E-state index in [2.05, 4.69) is 5.16 Å². The molecule has 0 aliphatic carbocycles. The van der Waals surface area contributed by atoms with E-state index in [1.54, 1.807) is 6.07 Å². The molecule has 0 atom stereocenters. The molecule has 1 aliphatic heterocycles. The summed E-state index contributed by atoms with van der Waals surface area (Å²) in [5.74, 6) is 0. The highest BCUT2D eigenvalue weighted by Gasteiger charge is 2.28. The van der Waals surface area contributed by atoms with Gasteiger partial charge in [-0.2, -0.15) is 4.31 Å². The first kappa shape index (κ1) is 14.0. The molecule has 6 heteroatoms. The number of benzene rings is 1. The van der Waals surface area contributed by atoms with E-state index in [4.69, 9.17) is 5.21 Å². The number of oxime groups is 1. The maximum atomic E-state index is 12.5. The van der Waals surface area contributed by atoms with Crippen molar-refractivity contribution in [3.8, 4) is 0 Å². The van der Waals surface area contributed by atoms with Gasteiger partial charge in [-0.25, -0.2) is 8.42 Å². The predicted octanol–water partition coefficient (Wildman–Crippen LogP) is 1.92. The normalized spacial score (nSPS) is 17.5. The Morgan fingerprint density at radius 2 is 1.84 bits per heavy atom. The van der Waals surface area contributed by atoms with Crippen LogP contribution in [0.2, 0.25) is 0 Å². The van der Waals surface area contributed by atoms with E-state index in [1.807, 2.05) is 26.0 Å². The third-order valence-corrected chi connectivity index (χ3v) is 5.45. The summed E-state index contributed by atoms with van der Waals surface area (Å²) in [6, 6.07) is 5.34. The van der Waals surface area contributed by atoms with Gasteiger partial charge in [-0.3, -0.25) is 0 Å². The van der Waals surface area contributed by atoms with Gasteiger partial charge in [0.05, 0.1) is 10.6 Å². The zero-order valence-electron chi connectivity index (χ0n) is 11.1. The number of aryl methyl sites for hydroxylation is 2. The van der Waals surface area contributed by atoms with Gasteiger partial charge in [0.15, 0.2) is 0 Å². The molecule has 19 heavy (non-hydrogen) atoms. The molecule has 1 saturated heterocycles. The highest BCUT2D eigenvalue weighted by molar-refractivity contribution is 7.89. The molecule has 1 heterocycles. The van der Waals surface area contributed by atoms with Crippen molar-refractivity contribution in [2.24, 2.45) is 5.16 Å². The first-order valence-corrected chi connectivity index (χ1v) is 7.66. The summed E-state index contributed by atoms with van der Waals surface area (Å²) in [6.45, 7) is 4.49. The summed E-state index contributed by atoms with van der Waals surface area (Å²) >= 11 is 0. The molecule has 2 rings (SSSR count). The summed E-state index contributed by atoms with van der Waals surface area (Å²) in [5.41, 5.74) is 2.47. The Morgan fingerprint density at radius 1 is 1.21 bits per heavy atom. The van der Waals surface area contributed by atoms with Crippen molar-refractivity contribution in [3.05, 3.63) is 29.3 Å². The molecule has 104 valence electrons. The van der Waals surface area contributed by atoms with Gasteiger partial charge in [-0.1, -0.05) is 22.9 Å². The molecule has 0 spiro atoms. The van der Waals surface area contributed by atoms with Gasteiger partial charge >= 0.3 is 0 Å². The molecular formula is C13H18N2O3S. The highest BCUT2D eigenvalue weighted by Crippen LogP contribution is 2.23. The number of hydrogen-bond donors (Lipinski definition) is 1. The Balaban J connectivity index is 2.28. The molecular weight excluding hydrogens is 264 g/mol. The van der Waals surface area contributed by atoms with E-state index in [9.17, 15) is 8.42 Å². The van der Waals surface area contributed by atoms with Crippen molar-refractivity contribution in [1.29, 1.82) is 0 Å². The standard InChI is InChI=1S/C13H18N2O3S/c1-10-3-4-13(11(2)9-10)19(17,18)15-7-5-12(14-16)6-8-15/h3-4,9,16H,5-8H2,1-2H3. The largest absolute Gasteiger partial charge is 0.411 e. The SMILES string of the molecule is Cc1ccc(S(=O)(=O)N2CCC(=NO)CC2)c(C)c1. The van der Waals surface area contributed by atoms with Crippen LogP contribution >= 0.6 is 0 Å². The molecule has 1 aliphatic rings. The Labute approximate surface area is 113 Å². The average Bonchev–Trinajstić information content (AvgIpc) is 2.38. The fourth-order valence-corrected chi connectivity index (χ4v) is 3.96. The number of hydrogen-bond acceptors (Lipinski definition) is 4. The van der Waals surface area contributed by atoms with E-state index in [0.29, 0.717) is 36.5 Å². The van der Waals surface area contributed by atoms with E-state index in [1.165, 1.54) is 4.31 Å². The van der Waals surface area contributed by atoms with Crippen LogP contribution in [-0.4, -0.2) is 36.7 Å². The van der Waals surface area contributed by atoms with Gasteiger partial charge in [0.25, 0.3) is 0 Å². The molecule has 0 unspecified atom stereocenters. The van der Waals surface area contributed by atoms with Gasteiger partial charge in [-0.05, 0) is 25.5 Å². The zero-order valence-corrected chi connectivity index (χ0v) is 11.9. The third-order valence-electron chi connectivity index (χ3n) is 3.39. The first-order valence-electron chi connectivity index (χ1n) is 6.22.